The Bertz CT molecular complexity index is 1460. The molecule has 0 saturated heterocycles. The molecule has 0 saturated carbocycles. The molecule has 2 aromatic heterocycles. The van der Waals surface area contributed by atoms with Gasteiger partial charge in [0.15, 0.2) is 0 Å². The highest BCUT2D eigenvalue weighted by Gasteiger charge is 2.32. The minimum Gasteiger partial charge on any atom is -0.340 e. The fraction of sp³-hybridized carbons (Fsp3) is 0.333. The molecule has 0 bridgehead atoms. The van der Waals surface area contributed by atoms with Crippen LogP contribution in [0.3, 0.4) is 0 Å². The standard InChI is InChI=1S/C30H30ClN3S/c1-19-26(23-7-5-6-8-27(23)34(19)18-20-9-12-22(31)13-10-20)17-33-29-25(16-32)24-14-11-21(30(2,3)4)15-28(24)35-29/h5-10,12-13,17,21H,11,14-15,18H2,1-4H3/t21-/m1/s1. The van der Waals surface area contributed by atoms with Crippen molar-refractivity contribution < 1.29 is 0 Å². The quantitative estimate of drug-likeness (QED) is 0.259. The number of hydrogen-bond donors (Lipinski definition) is 0. The third kappa shape index (κ3) is 4.56. The van der Waals surface area contributed by atoms with E-state index in [0.29, 0.717) is 5.92 Å². The molecule has 0 amide bonds. The summed E-state index contributed by atoms with van der Waals surface area (Å²) >= 11 is 7.80. The van der Waals surface area contributed by atoms with E-state index in [1.807, 2.05) is 18.3 Å². The van der Waals surface area contributed by atoms with Crippen molar-refractivity contribution in [3.8, 4) is 6.07 Å². The van der Waals surface area contributed by atoms with Crippen LogP contribution in [0.5, 0.6) is 0 Å². The van der Waals surface area contributed by atoms with Crippen LogP contribution in [0.15, 0.2) is 53.5 Å². The fourth-order valence-electron chi connectivity index (χ4n) is 5.24. The molecule has 2 aromatic carbocycles. The molecule has 1 atom stereocenters. The van der Waals surface area contributed by atoms with Crippen LogP contribution in [0.2, 0.25) is 5.02 Å². The van der Waals surface area contributed by atoms with Gasteiger partial charge in [0, 0.05) is 44.8 Å². The van der Waals surface area contributed by atoms with Gasteiger partial charge < -0.3 is 4.57 Å². The van der Waals surface area contributed by atoms with E-state index in [2.05, 4.69) is 74.7 Å². The molecule has 1 aliphatic rings. The van der Waals surface area contributed by atoms with E-state index in [4.69, 9.17) is 16.6 Å². The number of fused-ring (bicyclic) bond motifs is 2. The van der Waals surface area contributed by atoms with Gasteiger partial charge in [-0.2, -0.15) is 5.26 Å². The minimum absolute atomic E-state index is 0.279. The molecule has 0 unspecified atom stereocenters. The average molecular weight is 500 g/mol. The monoisotopic (exact) mass is 499 g/mol. The van der Waals surface area contributed by atoms with E-state index in [0.717, 1.165) is 52.7 Å². The van der Waals surface area contributed by atoms with E-state index in [-0.39, 0.29) is 5.41 Å². The van der Waals surface area contributed by atoms with Gasteiger partial charge in [-0.15, -0.1) is 11.3 Å². The summed E-state index contributed by atoms with van der Waals surface area (Å²) in [4.78, 5) is 6.27. The third-order valence-electron chi connectivity index (χ3n) is 7.43. The van der Waals surface area contributed by atoms with Crippen molar-refractivity contribution in [3.63, 3.8) is 0 Å². The van der Waals surface area contributed by atoms with Crippen LogP contribution in [-0.4, -0.2) is 10.8 Å². The van der Waals surface area contributed by atoms with Crippen LogP contribution in [-0.2, 0) is 19.4 Å². The molecule has 0 fully saturated rings. The number of nitrogens with zero attached hydrogens (tertiary/aromatic N) is 3. The predicted octanol–water partition coefficient (Wildman–Crippen LogP) is 8.49. The van der Waals surface area contributed by atoms with Gasteiger partial charge in [0.2, 0.25) is 0 Å². The maximum absolute atomic E-state index is 9.97. The average Bonchev–Trinajstić information content (AvgIpc) is 3.32. The van der Waals surface area contributed by atoms with Crippen LogP contribution in [0, 0.1) is 29.6 Å². The fourth-order valence-corrected chi connectivity index (χ4v) is 6.58. The normalized spacial score (nSPS) is 16.1. The van der Waals surface area contributed by atoms with Crippen LogP contribution in [0.1, 0.15) is 60.0 Å². The molecular weight excluding hydrogens is 470 g/mol. The summed E-state index contributed by atoms with van der Waals surface area (Å²) in [6.45, 7) is 9.88. The number of hydrogen-bond acceptors (Lipinski definition) is 3. The van der Waals surface area contributed by atoms with E-state index in [1.54, 1.807) is 11.3 Å². The number of aromatic nitrogens is 1. The summed E-state index contributed by atoms with van der Waals surface area (Å²) in [6, 6.07) is 19.0. The van der Waals surface area contributed by atoms with Crippen molar-refractivity contribution in [2.45, 2.75) is 53.5 Å². The molecule has 0 N–H and O–H groups in total. The molecule has 1 aliphatic carbocycles. The highest BCUT2D eigenvalue weighted by molar-refractivity contribution is 7.16. The van der Waals surface area contributed by atoms with Gasteiger partial charge in [-0.3, -0.25) is 0 Å². The van der Waals surface area contributed by atoms with Crippen molar-refractivity contribution in [1.82, 2.24) is 4.57 Å². The molecule has 2 heterocycles. The molecule has 4 aromatic rings. The Morgan fingerprint density at radius 2 is 1.91 bits per heavy atom. The highest BCUT2D eigenvalue weighted by atomic mass is 35.5. The van der Waals surface area contributed by atoms with E-state index in [1.165, 1.54) is 26.9 Å². The summed E-state index contributed by atoms with van der Waals surface area (Å²) in [5.41, 5.74) is 6.94. The minimum atomic E-state index is 0.279. The topological polar surface area (TPSA) is 41.1 Å². The van der Waals surface area contributed by atoms with Crippen molar-refractivity contribution in [3.05, 3.63) is 86.4 Å². The van der Waals surface area contributed by atoms with Crippen LogP contribution < -0.4 is 0 Å². The Morgan fingerprint density at radius 1 is 1.17 bits per heavy atom. The summed E-state index contributed by atoms with van der Waals surface area (Å²) in [7, 11) is 0. The summed E-state index contributed by atoms with van der Waals surface area (Å²) in [6.07, 6.45) is 5.14. The van der Waals surface area contributed by atoms with E-state index >= 15 is 0 Å². The molecule has 0 radical (unpaired) electrons. The van der Waals surface area contributed by atoms with Gasteiger partial charge in [0.25, 0.3) is 0 Å². The Kier molecular flexibility index (Phi) is 6.34. The first-order valence-corrected chi connectivity index (χ1v) is 13.4. The summed E-state index contributed by atoms with van der Waals surface area (Å²) in [5, 5.41) is 12.7. The Hall–Kier alpha value is -2.87. The first-order chi connectivity index (χ1) is 16.8. The van der Waals surface area contributed by atoms with Crippen LogP contribution in [0.4, 0.5) is 5.00 Å². The molecule has 0 spiro atoms. The smallest absolute Gasteiger partial charge is 0.134 e. The van der Waals surface area contributed by atoms with E-state index < -0.39 is 0 Å². The van der Waals surface area contributed by atoms with Crippen molar-refractivity contribution in [2.24, 2.45) is 16.3 Å². The first kappa shape index (κ1) is 23.9. The maximum atomic E-state index is 9.97. The predicted molar refractivity (Wildman–Crippen MR) is 148 cm³/mol. The number of halogens is 1. The van der Waals surface area contributed by atoms with Crippen molar-refractivity contribution >= 4 is 45.1 Å². The number of benzene rings is 2. The van der Waals surface area contributed by atoms with Gasteiger partial charge in [0.05, 0.1) is 5.56 Å². The van der Waals surface area contributed by atoms with Crippen LogP contribution in [0.25, 0.3) is 10.9 Å². The second-order valence-electron chi connectivity index (χ2n) is 10.6. The number of para-hydroxylation sites is 1. The molecule has 0 aliphatic heterocycles. The number of rotatable bonds is 4. The second kappa shape index (κ2) is 9.30. The Labute approximate surface area is 216 Å². The number of aliphatic imine (C=N–C) groups is 1. The Morgan fingerprint density at radius 3 is 2.63 bits per heavy atom. The Balaban J connectivity index is 1.52. The van der Waals surface area contributed by atoms with Crippen molar-refractivity contribution in [2.75, 3.05) is 0 Å². The molecule has 178 valence electrons. The number of nitriles is 1. The maximum Gasteiger partial charge on any atom is 0.134 e. The zero-order valence-electron chi connectivity index (χ0n) is 20.7. The lowest BCUT2D eigenvalue weighted by molar-refractivity contribution is 0.218. The number of thiophene rings is 1. The molecule has 3 nitrogen and oxygen atoms in total. The van der Waals surface area contributed by atoms with Gasteiger partial charge in [-0.1, -0.05) is 62.7 Å². The SMILES string of the molecule is Cc1c(C=Nc2sc3c(c2C#N)CC[C@@H](C(C)(C)C)C3)c2ccccc2n1Cc1ccc(Cl)cc1. The largest absolute Gasteiger partial charge is 0.340 e. The van der Waals surface area contributed by atoms with Gasteiger partial charge >= 0.3 is 0 Å². The van der Waals surface area contributed by atoms with Gasteiger partial charge in [0.1, 0.15) is 11.1 Å². The zero-order valence-corrected chi connectivity index (χ0v) is 22.3. The first-order valence-electron chi connectivity index (χ1n) is 12.2. The molecule has 35 heavy (non-hydrogen) atoms. The molecular formula is C30H30ClN3S. The van der Waals surface area contributed by atoms with Gasteiger partial charge in [-0.25, -0.2) is 4.99 Å². The zero-order chi connectivity index (χ0) is 24.7. The van der Waals surface area contributed by atoms with E-state index in [9.17, 15) is 5.26 Å². The van der Waals surface area contributed by atoms with Crippen molar-refractivity contribution in [1.29, 1.82) is 5.26 Å². The summed E-state index contributed by atoms with van der Waals surface area (Å²) in [5.74, 6) is 0.644. The lowest BCUT2D eigenvalue weighted by Gasteiger charge is -2.33. The molecule has 5 rings (SSSR count). The van der Waals surface area contributed by atoms with Gasteiger partial charge in [-0.05, 0) is 66.8 Å². The second-order valence-corrected chi connectivity index (χ2v) is 12.1. The highest BCUT2D eigenvalue weighted by Crippen LogP contribution is 2.45. The van der Waals surface area contributed by atoms with Crippen LogP contribution >= 0.6 is 22.9 Å². The lowest BCUT2D eigenvalue weighted by atomic mass is 9.72. The molecule has 5 heteroatoms. The summed E-state index contributed by atoms with van der Waals surface area (Å²) < 4.78 is 2.33. The lowest BCUT2D eigenvalue weighted by Crippen LogP contribution is -2.26. The third-order valence-corrected chi connectivity index (χ3v) is 8.84.